The van der Waals surface area contributed by atoms with Crippen molar-refractivity contribution in [1.82, 2.24) is 5.32 Å². The highest BCUT2D eigenvalue weighted by molar-refractivity contribution is 7.99. The molecule has 128 valence electrons. The molecule has 0 saturated heterocycles. The Bertz CT molecular complexity index is 682. The Kier molecular flexibility index (Phi) is 6.99. The van der Waals surface area contributed by atoms with E-state index in [1.165, 1.54) is 23.9 Å². The molecule has 0 fully saturated rings. The van der Waals surface area contributed by atoms with Crippen LogP contribution in [0.25, 0.3) is 0 Å². The third-order valence-corrected chi connectivity index (χ3v) is 4.14. The zero-order valence-corrected chi connectivity index (χ0v) is 13.5. The van der Waals surface area contributed by atoms with Crippen LogP contribution in [-0.2, 0) is 11.3 Å². The van der Waals surface area contributed by atoms with Crippen molar-refractivity contribution in [2.45, 2.75) is 24.5 Å². The van der Waals surface area contributed by atoms with E-state index in [1.54, 1.807) is 36.4 Å². The molecule has 0 bridgehead atoms. The molecule has 0 radical (unpaired) electrons. The fraction of sp³-hybridized carbons (Fsp3) is 0.235. The van der Waals surface area contributed by atoms with Crippen molar-refractivity contribution in [2.75, 3.05) is 5.75 Å². The van der Waals surface area contributed by atoms with Gasteiger partial charge in [-0.1, -0.05) is 30.3 Å². The summed E-state index contributed by atoms with van der Waals surface area (Å²) in [6.45, 7) is -2.83. The highest BCUT2D eigenvalue weighted by Crippen LogP contribution is 2.22. The molecule has 0 heterocycles. The molecule has 0 saturated carbocycles. The lowest BCUT2D eigenvalue weighted by Gasteiger charge is -2.11. The van der Waals surface area contributed by atoms with E-state index in [2.05, 4.69) is 10.1 Å². The molecule has 2 aromatic rings. The first kappa shape index (κ1) is 18.2. The minimum atomic E-state index is -2.92. The maximum atomic E-state index is 13.4. The van der Waals surface area contributed by atoms with Crippen LogP contribution in [0.15, 0.2) is 53.4 Å². The summed E-state index contributed by atoms with van der Waals surface area (Å²) < 4.78 is 42.5. The molecule has 0 aromatic heterocycles. The molecule has 0 spiro atoms. The first-order valence-corrected chi connectivity index (χ1v) is 8.21. The third kappa shape index (κ3) is 5.81. The number of para-hydroxylation sites is 1. The van der Waals surface area contributed by atoms with E-state index in [1.807, 2.05) is 0 Å². The summed E-state index contributed by atoms with van der Waals surface area (Å²) in [4.78, 5) is 12.3. The van der Waals surface area contributed by atoms with E-state index < -0.39 is 6.61 Å². The van der Waals surface area contributed by atoms with Gasteiger partial charge in [0.05, 0.1) is 0 Å². The molecular formula is C17H16F3NO2S. The number of halogens is 3. The molecule has 0 aliphatic carbocycles. The predicted octanol–water partition coefficient (Wildman–Crippen LogP) is 4.23. The van der Waals surface area contributed by atoms with Gasteiger partial charge in [0, 0.05) is 29.2 Å². The Balaban J connectivity index is 1.78. The molecule has 2 rings (SSSR count). The maximum Gasteiger partial charge on any atom is 0.387 e. The molecule has 3 nitrogen and oxygen atoms in total. The van der Waals surface area contributed by atoms with Crippen LogP contribution in [0.2, 0.25) is 0 Å². The highest BCUT2D eigenvalue weighted by Gasteiger charge is 2.10. The summed E-state index contributed by atoms with van der Waals surface area (Å²) in [6.07, 6.45) is 0.191. The van der Waals surface area contributed by atoms with Gasteiger partial charge in [0.2, 0.25) is 5.91 Å². The fourth-order valence-electron chi connectivity index (χ4n) is 1.96. The zero-order chi connectivity index (χ0) is 17.4. The minimum Gasteiger partial charge on any atom is -0.434 e. The molecule has 0 atom stereocenters. The number of thioether (sulfide) groups is 1. The summed E-state index contributed by atoms with van der Waals surface area (Å²) in [5.41, 5.74) is 0.466. The van der Waals surface area contributed by atoms with E-state index in [-0.39, 0.29) is 30.4 Å². The Labute approximate surface area is 142 Å². The Morgan fingerprint density at radius 1 is 1.12 bits per heavy atom. The van der Waals surface area contributed by atoms with Crippen LogP contribution in [0, 0.1) is 5.82 Å². The van der Waals surface area contributed by atoms with Crippen LogP contribution < -0.4 is 10.1 Å². The van der Waals surface area contributed by atoms with Crippen molar-refractivity contribution in [2.24, 2.45) is 0 Å². The lowest BCUT2D eigenvalue weighted by atomic mass is 10.2. The summed E-state index contributed by atoms with van der Waals surface area (Å²) in [7, 11) is 0. The van der Waals surface area contributed by atoms with Crippen LogP contribution in [0.1, 0.15) is 12.0 Å². The van der Waals surface area contributed by atoms with Crippen LogP contribution in [-0.4, -0.2) is 18.3 Å². The summed E-state index contributed by atoms with van der Waals surface area (Å²) in [6, 6.07) is 12.6. The van der Waals surface area contributed by atoms with E-state index in [4.69, 9.17) is 0 Å². The SMILES string of the molecule is O=C(CCSc1ccccc1F)NCc1ccccc1OC(F)F. The van der Waals surface area contributed by atoms with Crippen LogP contribution in [0.4, 0.5) is 13.2 Å². The summed E-state index contributed by atoms with van der Waals surface area (Å²) in [5.74, 6) is -0.109. The number of rotatable bonds is 8. The Hall–Kier alpha value is -2.15. The number of hydrogen-bond acceptors (Lipinski definition) is 3. The van der Waals surface area contributed by atoms with Crippen molar-refractivity contribution < 1.29 is 22.7 Å². The number of carbonyl (C=O) groups is 1. The lowest BCUT2D eigenvalue weighted by molar-refractivity contribution is -0.120. The van der Waals surface area contributed by atoms with Gasteiger partial charge in [0.25, 0.3) is 0 Å². The van der Waals surface area contributed by atoms with Gasteiger partial charge in [-0.25, -0.2) is 4.39 Å². The van der Waals surface area contributed by atoms with Crippen molar-refractivity contribution in [3.8, 4) is 5.75 Å². The van der Waals surface area contributed by atoms with Crippen molar-refractivity contribution in [3.05, 3.63) is 59.9 Å². The summed E-state index contributed by atoms with van der Waals surface area (Å²) >= 11 is 1.25. The normalized spacial score (nSPS) is 10.7. The molecule has 0 unspecified atom stereocenters. The quantitative estimate of drug-likeness (QED) is 0.721. The molecule has 1 amide bonds. The maximum absolute atomic E-state index is 13.4. The van der Waals surface area contributed by atoms with Gasteiger partial charge in [-0.3, -0.25) is 4.79 Å². The monoisotopic (exact) mass is 355 g/mol. The third-order valence-electron chi connectivity index (χ3n) is 3.09. The van der Waals surface area contributed by atoms with Gasteiger partial charge < -0.3 is 10.1 Å². The van der Waals surface area contributed by atoms with Gasteiger partial charge in [-0.2, -0.15) is 8.78 Å². The van der Waals surface area contributed by atoms with E-state index in [9.17, 15) is 18.0 Å². The van der Waals surface area contributed by atoms with Gasteiger partial charge in [0.15, 0.2) is 0 Å². The molecule has 0 aliphatic rings. The van der Waals surface area contributed by atoms with E-state index in [0.29, 0.717) is 16.2 Å². The average Bonchev–Trinajstić information content (AvgIpc) is 2.55. The highest BCUT2D eigenvalue weighted by atomic mass is 32.2. The summed E-state index contributed by atoms with van der Waals surface area (Å²) in [5, 5.41) is 2.64. The smallest absolute Gasteiger partial charge is 0.387 e. The average molecular weight is 355 g/mol. The first-order valence-electron chi connectivity index (χ1n) is 7.23. The molecule has 24 heavy (non-hydrogen) atoms. The minimum absolute atomic E-state index is 0.0357. The van der Waals surface area contributed by atoms with Gasteiger partial charge in [0.1, 0.15) is 11.6 Å². The van der Waals surface area contributed by atoms with Gasteiger partial charge in [-0.15, -0.1) is 11.8 Å². The largest absolute Gasteiger partial charge is 0.434 e. The fourth-order valence-corrected chi connectivity index (χ4v) is 2.85. The second-order valence-corrected chi connectivity index (χ2v) is 5.93. The topological polar surface area (TPSA) is 38.3 Å². The lowest BCUT2D eigenvalue weighted by Crippen LogP contribution is -2.23. The van der Waals surface area contributed by atoms with Gasteiger partial charge >= 0.3 is 6.61 Å². The van der Waals surface area contributed by atoms with Crippen molar-refractivity contribution >= 4 is 17.7 Å². The number of carbonyl (C=O) groups excluding carboxylic acids is 1. The molecule has 2 aromatic carbocycles. The number of ether oxygens (including phenoxy) is 1. The number of alkyl halides is 2. The first-order chi connectivity index (χ1) is 11.6. The molecule has 7 heteroatoms. The van der Waals surface area contributed by atoms with Crippen LogP contribution in [0.5, 0.6) is 5.75 Å². The second-order valence-electron chi connectivity index (χ2n) is 4.79. The number of nitrogens with one attached hydrogen (secondary N) is 1. The number of hydrogen-bond donors (Lipinski definition) is 1. The van der Waals surface area contributed by atoms with Crippen molar-refractivity contribution in [1.29, 1.82) is 0 Å². The molecular weight excluding hydrogens is 339 g/mol. The van der Waals surface area contributed by atoms with Gasteiger partial charge in [-0.05, 0) is 18.2 Å². The standard InChI is InChI=1S/C17H16F3NO2S/c18-13-6-2-4-8-15(13)24-10-9-16(22)21-11-12-5-1-3-7-14(12)23-17(19)20/h1-8,17H,9-11H2,(H,21,22). The van der Waals surface area contributed by atoms with E-state index in [0.717, 1.165) is 0 Å². The van der Waals surface area contributed by atoms with Crippen molar-refractivity contribution in [3.63, 3.8) is 0 Å². The predicted molar refractivity (Wildman–Crippen MR) is 86.7 cm³/mol. The Morgan fingerprint density at radius 2 is 1.83 bits per heavy atom. The molecule has 0 aliphatic heterocycles. The number of amides is 1. The van der Waals surface area contributed by atoms with Crippen LogP contribution in [0.3, 0.4) is 0 Å². The number of benzene rings is 2. The zero-order valence-electron chi connectivity index (χ0n) is 12.7. The van der Waals surface area contributed by atoms with E-state index >= 15 is 0 Å². The van der Waals surface area contributed by atoms with Crippen LogP contribution >= 0.6 is 11.8 Å². The second kappa shape index (κ2) is 9.22. The Morgan fingerprint density at radius 3 is 2.58 bits per heavy atom. The molecule has 1 N–H and O–H groups in total.